The molecule has 0 unspecified atom stereocenters. The Hall–Kier alpha value is -1.54. The van der Waals surface area contributed by atoms with E-state index in [-0.39, 0.29) is 18.0 Å². The second kappa shape index (κ2) is 6.76. The first-order chi connectivity index (χ1) is 9.60. The minimum atomic E-state index is -0.0446. The number of nitrogens with one attached hydrogen (secondary N) is 1. The van der Waals surface area contributed by atoms with E-state index in [1.165, 1.54) is 0 Å². The molecule has 4 nitrogen and oxygen atoms in total. The number of amides is 2. The first-order valence-electron chi connectivity index (χ1n) is 6.80. The number of halogens is 1. The zero-order chi connectivity index (χ0) is 14.5. The van der Waals surface area contributed by atoms with Crippen LogP contribution in [0.25, 0.3) is 0 Å². The Kier molecular flexibility index (Phi) is 5.02. The molecule has 0 aromatic heterocycles. The van der Waals surface area contributed by atoms with Crippen LogP contribution in [0.4, 0.5) is 4.79 Å². The Morgan fingerprint density at radius 2 is 2.00 bits per heavy atom. The maximum Gasteiger partial charge on any atom is 0.317 e. The largest absolute Gasteiger partial charge is 0.331 e. The molecule has 1 saturated heterocycles. The lowest BCUT2D eigenvalue weighted by atomic mass is 9.99. The first-order valence-corrected chi connectivity index (χ1v) is 7.60. The molecule has 5 heteroatoms. The summed E-state index contributed by atoms with van der Waals surface area (Å²) in [6.45, 7) is 3.30. The van der Waals surface area contributed by atoms with Crippen molar-refractivity contribution in [3.8, 4) is 6.07 Å². The van der Waals surface area contributed by atoms with Gasteiger partial charge in [-0.3, -0.25) is 0 Å². The topological polar surface area (TPSA) is 56.1 Å². The average Bonchev–Trinajstić information content (AvgIpc) is 2.48. The van der Waals surface area contributed by atoms with Crippen molar-refractivity contribution in [1.82, 2.24) is 10.2 Å². The summed E-state index contributed by atoms with van der Waals surface area (Å²) in [5, 5.41) is 11.9. The molecule has 1 fully saturated rings. The number of nitriles is 1. The molecule has 1 aliphatic heterocycles. The minimum Gasteiger partial charge on any atom is -0.331 e. The fourth-order valence-corrected chi connectivity index (χ4v) is 2.59. The van der Waals surface area contributed by atoms with E-state index in [1.54, 1.807) is 4.90 Å². The number of carbonyl (C=O) groups is 1. The van der Waals surface area contributed by atoms with E-state index in [9.17, 15) is 4.79 Å². The van der Waals surface area contributed by atoms with Gasteiger partial charge < -0.3 is 10.2 Å². The van der Waals surface area contributed by atoms with Crippen molar-refractivity contribution in [2.24, 2.45) is 5.92 Å². The van der Waals surface area contributed by atoms with Gasteiger partial charge in [0.25, 0.3) is 0 Å². The van der Waals surface area contributed by atoms with Crippen LogP contribution in [0.5, 0.6) is 0 Å². The van der Waals surface area contributed by atoms with Crippen molar-refractivity contribution in [3.63, 3.8) is 0 Å². The molecule has 2 rings (SSSR count). The van der Waals surface area contributed by atoms with Crippen LogP contribution in [0.2, 0.25) is 0 Å². The standard InChI is InChI=1S/C15H18BrN3O/c1-11(13-2-4-14(16)5-3-13)18-15(20)19-8-6-12(10-17)7-9-19/h2-5,11-12H,6-9H2,1H3,(H,18,20)/t11-/m1/s1. The van der Waals surface area contributed by atoms with E-state index >= 15 is 0 Å². The van der Waals surface area contributed by atoms with Crippen LogP contribution >= 0.6 is 15.9 Å². The number of likely N-dealkylation sites (tertiary alicyclic amines) is 1. The van der Waals surface area contributed by atoms with Gasteiger partial charge in [-0.2, -0.15) is 5.26 Å². The lowest BCUT2D eigenvalue weighted by Crippen LogP contribution is -2.45. The lowest BCUT2D eigenvalue weighted by molar-refractivity contribution is 0.176. The lowest BCUT2D eigenvalue weighted by Gasteiger charge is -2.30. The van der Waals surface area contributed by atoms with Crippen LogP contribution in [0.3, 0.4) is 0 Å². The zero-order valence-corrected chi connectivity index (χ0v) is 13.1. The van der Waals surface area contributed by atoms with Gasteiger partial charge in [-0.05, 0) is 37.5 Å². The Labute approximate surface area is 127 Å². The van der Waals surface area contributed by atoms with Crippen LogP contribution < -0.4 is 5.32 Å². The third kappa shape index (κ3) is 3.73. The van der Waals surface area contributed by atoms with E-state index in [2.05, 4.69) is 27.3 Å². The van der Waals surface area contributed by atoms with Crippen molar-refractivity contribution in [1.29, 1.82) is 5.26 Å². The highest BCUT2D eigenvalue weighted by Crippen LogP contribution is 2.19. The van der Waals surface area contributed by atoms with Crippen LogP contribution in [-0.2, 0) is 0 Å². The number of carbonyl (C=O) groups excluding carboxylic acids is 1. The summed E-state index contributed by atoms with van der Waals surface area (Å²) in [5.41, 5.74) is 1.08. The molecule has 20 heavy (non-hydrogen) atoms. The summed E-state index contributed by atoms with van der Waals surface area (Å²) in [4.78, 5) is 14.0. The Morgan fingerprint density at radius 3 is 2.55 bits per heavy atom. The quantitative estimate of drug-likeness (QED) is 0.899. The molecular weight excluding hydrogens is 318 g/mol. The van der Waals surface area contributed by atoms with E-state index in [4.69, 9.17) is 5.26 Å². The molecule has 1 aromatic carbocycles. The van der Waals surface area contributed by atoms with Crippen molar-refractivity contribution in [3.05, 3.63) is 34.3 Å². The Balaban J connectivity index is 1.88. The predicted octanol–water partition coefficient (Wildman–Crippen LogP) is 3.46. The van der Waals surface area contributed by atoms with Gasteiger partial charge in [0.2, 0.25) is 0 Å². The first kappa shape index (κ1) is 14.9. The van der Waals surface area contributed by atoms with Gasteiger partial charge in [-0.1, -0.05) is 28.1 Å². The summed E-state index contributed by atoms with van der Waals surface area (Å²) in [6, 6.07) is 10.1. The normalized spacial score (nSPS) is 17.4. The van der Waals surface area contributed by atoms with E-state index in [0.717, 1.165) is 22.9 Å². The smallest absolute Gasteiger partial charge is 0.317 e. The van der Waals surface area contributed by atoms with Crippen LogP contribution in [0.1, 0.15) is 31.4 Å². The molecule has 1 atom stereocenters. The number of urea groups is 1. The highest BCUT2D eigenvalue weighted by atomic mass is 79.9. The Bertz CT molecular complexity index is 501. The predicted molar refractivity (Wildman–Crippen MR) is 81.0 cm³/mol. The van der Waals surface area contributed by atoms with Gasteiger partial charge in [0.15, 0.2) is 0 Å². The van der Waals surface area contributed by atoms with Crippen molar-refractivity contribution in [2.75, 3.05) is 13.1 Å². The summed E-state index contributed by atoms with van der Waals surface area (Å²) < 4.78 is 1.03. The molecule has 0 saturated carbocycles. The van der Waals surface area contributed by atoms with Crippen LogP contribution in [0.15, 0.2) is 28.7 Å². The monoisotopic (exact) mass is 335 g/mol. The zero-order valence-electron chi connectivity index (χ0n) is 11.5. The molecule has 0 spiro atoms. The molecular formula is C15H18BrN3O. The number of piperidine rings is 1. The van der Waals surface area contributed by atoms with Gasteiger partial charge >= 0.3 is 6.03 Å². The number of benzene rings is 1. The van der Waals surface area contributed by atoms with Crippen molar-refractivity contribution >= 4 is 22.0 Å². The number of hydrogen-bond donors (Lipinski definition) is 1. The van der Waals surface area contributed by atoms with Crippen LogP contribution in [-0.4, -0.2) is 24.0 Å². The van der Waals surface area contributed by atoms with Crippen LogP contribution in [0, 0.1) is 17.2 Å². The molecule has 1 aliphatic rings. The van der Waals surface area contributed by atoms with E-state index in [1.807, 2.05) is 31.2 Å². The molecule has 0 aliphatic carbocycles. The third-order valence-electron chi connectivity index (χ3n) is 3.67. The third-order valence-corrected chi connectivity index (χ3v) is 4.20. The molecule has 1 heterocycles. The van der Waals surface area contributed by atoms with Gasteiger partial charge in [0.1, 0.15) is 0 Å². The summed E-state index contributed by atoms with van der Waals surface area (Å²) in [6.07, 6.45) is 1.55. The minimum absolute atomic E-state index is 0.0238. The van der Waals surface area contributed by atoms with Gasteiger partial charge in [0, 0.05) is 23.5 Å². The number of rotatable bonds is 2. The average molecular weight is 336 g/mol. The summed E-state index contributed by atoms with van der Waals surface area (Å²) in [5.74, 6) is 0.1000. The van der Waals surface area contributed by atoms with Gasteiger partial charge in [-0.25, -0.2) is 4.79 Å². The molecule has 1 N–H and O–H groups in total. The fraction of sp³-hybridized carbons (Fsp3) is 0.467. The second-order valence-corrected chi connectivity index (χ2v) is 6.03. The molecule has 2 amide bonds. The summed E-state index contributed by atoms with van der Waals surface area (Å²) >= 11 is 3.40. The molecule has 0 radical (unpaired) electrons. The number of nitrogens with zero attached hydrogens (tertiary/aromatic N) is 2. The highest BCUT2D eigenvalue weighted by molar-refractivity contribution is 9.10. The van der Waals surface area contributed by atoms with Gasteiger partial charge in [-0.15, -0.1) is 0 Å². The SMILES string of the molecule is C[C@@H](NC(=O)N1CCC(C#N)CC1)c1ccc(Br)cc1. The van der Waals surface area contributed by atoms with Crippen molar-refractivity contribution < 1.29 is 4.79 Å². The highest BCUT2D eigenvalue weighted by Gasteiger charge is 2.23. The molecule has 0 bridgehead atoms. The van der Waals surface area contributed by atoms with E-state index < -0.39 is 0 Å². The molecule has 106 valence electrons. The van der Waals surface area contributed by atoms with E-state index in [0.29, 0.717) is 13.1 Å². The maximum absolute atomic E-state index is 12.2. The second-order valence-electron chi connectivity index (χ2n) is 5.11. The fourth-order valence-electron chi connectivity index (χ4n) is 2.32. The summed E-state index contributed by atoms with van der Waals surface area (Å²) in [7, 11) is 0. The number of hydrogen-bond acceptors (Lipinski definition) is 2. The Morgan fingerprint density at radius 1 is 1.40 bits per heavy atom. The van der Waals surface area contributed by atoms with Crippen molar-refractivity contribution in [2.45, 2.75) is 25.8 Å². The van der Waals surface area contributed by atoms with Gasteiger partial charge in [0.05, 0.1) is 12.1 Å². The molecule has 1 aromatic rings. The maximum atomic E-state index is 12.2.